The highest BCUT2D eigenvalue weighted by Crippen LogP contribution is 2.39. The number of aliphatic imine (C=N–C) groups is 1. The van der Waals surface area contributed by atoms with Crippen LogP contribution in [0.2, 0.25) is 0 Å². The van der Waals surface area contributed by atoms with Crippen LogP contribution in [0.3, 0.4) is 0 Å². The van der Waals surface area contributed by atoms with Gasteiger partial charge in [-0.25, -0.2) is 9.79 Å². The summed E-state index contributed by atoms with van der Waals surface area (Å²) >= 11 is 0. The molecule has 31 heavy (non-hydrogen) atoms. The normalized spacial score (nSPS) is 22.4. The quantitative estimate of drug-likeness (QED) is 0.765. The third-order valence-corrected chi connectivity index (χ3v) is 5.85. The first-order valence-corrected chi connectivity index (χ1v) is 10.1. The Balaban J connectivity index is 1.48. The van der Waals surface area contributed by atoms with Crippen molar-refractivity contribution >= 4 is 23.6 Å². The van der Waals surface area contributed by atoms with Crippen LogP contribution in [0.5, 0.6) is 5.75 Å². The molecule has 3 heterocycles. The third-order valence-electron chi connectivity index (χ3n) is 5.85. The molecular formula is C23H23N5O3. The predicted octanol–water partition coefficient (Wildman–Crippen LogP) is 2.84. The van der Waals surface area contributed by atoms with Crippen LogP contribution >= 0.6 is 0 Å². The van der Waals surface area contributed by atoms with Crippen LogP contribution in [0.4, 0.5) is 10.5 Å². The summed E-state index contributed by atoms with van der Waals surface area (Å²) < 4.78 is 6.15. The molecule has 0 aromatic heterocycles. The highest BCUT2D eigenvalue weighted by molar-refractivity contribution is 6.10. The highest BCUT2D eigenvalue weighted by Gasteiger charge is 2.53. The zero-order valence-electron chi connectivity index (χ0n) is 17.6. The molecule has 0 bridgehead atoms. The summed E-state index contributed by atoms with van der Waals surface area (Å²) in [7, 11) is 3.18. The van der Waals surface area contributed by atoms with Crippen LogP contribution in [-0.4, -0.2) is 58.9 Å². The fraction of sp³-hybridized carbons (Fsp3) is 0.261. The van der Waals surface area contributed by atoms with Crippen LogP contribution in [0, 0.1) is 0 Å². The maximum atomic E-state index is 12.9. The number of rotatable bonds is 4. The van der Waals surface area contributed by atoms with Gasteiger partial charge in [-0.1, -0.05) is 42.5 Å². The molecule has 158 valence electrons. The first-order chi connectivity index (χ1) is 15.0. The minimum Gasteiger partial charge on any atom is -0.487 e. The second-order valence-electron chi connectivity index (χ2n) is 7.83. The number of guanidine groups is 1. The molecule has 8 nitrogen and oxygen atoms in total. The lowest BCUT2D eigenvalue weighted by atomic mass is 10.1. The minimum absolute atomic E-state index is 0.258. The molecule has 0 radical (unpaired) electrons. The SMILES string of the molecule is CC1=CN2C(=NC3C2C(=O)N(C)C(=O)N3C)N1c1ccccc1OCc1ccccc1. The van der Waals surface area contributed by atoms with Crippen molar-refractivity contribution < 1.29 is 14.3 Å². The number of allylic oxidation sites excluding steroid dienone is 1. The average Bonchev–Trinajstić information content (AvgIpc) is 3.30. The van der Waals surface area contributed by atoms with E-state index in [0.717, 1.165) is 21.8 Å². The maximum Gasteiger partial charge on any atom is 0.328 e. The molecule has 2 aromatic rings. The molecule has 3 aliphatic heterocycles. The third kappa shape index (κ3) is 2.94. The van der Waals surface area contributed by atoms with Gasteiger partial charge in [0.2, 0.25) is 5.96 Å². The summed E-state index contributed by atoms with van der Waals surface area (Å²) in [4.78, 5) is 36.5. The number of ether oxygens (including phenoxy) is 1. The van der Waals surface area contributed by atoms with Gasteiger partial charge in [0.05, 0.1) is 5.69 Å². The smallest absolute Gasteiger partial charge is 0.328 e. The van der Waals surface area contributed by atoms with Crippen molar-refractivity contribution in [2.45, 2.75) is 25.7 Å². The minimum atomic E-state index is -0.569. The number of likely N-dealkylation sites (N-methyl/N-ethyl adjacent to an activating group) is 2. The lowest BCUT2D eigenvalue weighted by Crippen LogP contribution is -2.63. The fourth-order valence-corrected chi connectivity index (χ4v) is 4.24. The molecule has 3 aliphatic rings. The van der Waals surface area contributed by atoms with E-state index < -0.39 is 12.2 Å². The molecule has 1 fully saturated rings. The Morgan fingerprint density at radius 3 is 2.48 bits per heavy atom. The van der Waals surface area contributed by atoms with Crippen molar-refractivity contribution in [3.05, 3.63) is 72.1 Å². The number of urea groups is 1. The number of benzene rings is 2. The summed E-state index contributed by atoms with van der Waals surface area (Å²) in [5.74, 6) is 1.07. The number of carbonyl (C=O) groups is 2. The van der Waals surface area contributed by atoms with E-state index in [-0.39, 0.29) is 11.9 Å². The van der Waals surface area contributed by atoms with Crippen molar-refractivity contribution in [3.8, 4) is 5.75 Å². The van der Waals surface area contributed by atoms with E-state index in [0.29, 0.717) is 18.3 Å². The number of carbonyl (C=O) groups excluding carboxylic acids is 2. The van der Waals surface area contributed by atoms with E-state index in [1.807, 2.05) is 77.5 Å². The Bertz CT molecular complexity index is 1110. The van der Waals surface area contributed by atoms with Crippen molar-refractivity contribution in [2.75, 3.05) is 19.0 Å². The monoisotopic (exact) mass is 417 g/mol. The van der Waals surface area contributed by atoms with Gasteiger partial charge in [0, 0.05) is 26.0 Å². The number of nitrogens with zero attached hydrogens (tertiary/aromatic N) is 5. The van der Waals surface area contributed by atoms with Gasteiger partial charge in [0.25, 0.3) is 5.91 Å². The Morgan fingerprint density at radius 2 is 1.71 bits per heavy atom. The number of para-hydroxylation sites is 2. The molecular weight excluding hydrogens is 394 g/mol. The van der Waals surface area contributed by atoms with E-state index in [1.165, 1.54) is 11.9 Å². The largest absolute Gasteiger partial charge is 0.487 e. The molecule has 8 heteroatoms. The fourth-order valence-electron chi connectivity index (χ4n) is 4.24. The molecule has 0 N–H and O–H groups in total. The van der Waals surface area contributed by atoms with Crippen LogP contribution in [0.1, 0.15) is 12.5 Å². The van der Waals surface area contributed by atoms with Gasteiger partial charge in [-0.05, 0) is 24.6 Å². The zero-order chi connectivity index (χ0) is 21.7. The van der Waals surface area contributed by atoms with Gasteiger partial charge < -0.3 is 14.5 Å². The number of imide groups is 1. The van der Waals surface area contributed by atoms with Crippen molar-refractivity contribution in [1.82, 2.24) is 14.7 Å². The van der Waals surface area contributed by atoms with E-state index in [1.54, 1.807) is 7.05 Å². The Hall–Kier alpha value is -3.81. The number of hydrogen-bond donors (Lipinski definition) is 0. The topological polar surface area (TPSA) is 68.7 Å². The van der Waals surface area contributed by atoms with Crippen LogP contribution < -0.4 is 9.64 Å². The van der Waals surface area contributed by atoms with E-state index in [4.69, 9.17) is 9.73 Å². The van der Waals surface area contributed by atoms with E-state index in [9.17, 15) is 9.59 Å². The second kappa shape index (κ2) is 7.16. The summed E-state index contributed by atoms with van der Waals surface area (Å²) in [5.41, 5.74) is 2.83. The van der Waals surface area contributed by atoms with Gasteiger partial charge in [-0.3, -0.25) is 14.6 Å². The summed E-state index contributed by atoms with van der Waals surface area (Å²) in [6.45, 7) is 2.41. The molecule has 2 aromatic carbocycles. The van der Waals surface area contributed by atoms with Gasteiger partial charge in [-0.15, -0.1) is 0 Å². The van der Waals surface area contributed by atoms with Crippen LogP contribution in [0.25, 0.3) is 0 Å². The molecule has 0 aliphatic carbocycles. The molecule has 2 unspecified atom stereocenters. The first kappa shape index (κ1) is 19.2. The summed E-state index contributed by atoms with van der Waals surface area (Å²) in [5, 5.41) is 0. The molecule has 1 saturated heterocycles. The molecule has 0 spiro atoms. The van der Waals surface area contributed by atoms with Crippen LogP contribution in [0.15, 0.2) is 71.5 Å². The van der Waals surface area contributed by atoms with Gasteiger partial charge in [0.1, 0.15) is 12.4 Å². The molecule has 3 amide bonds. The lowest BCUT2D eigenvalue weighted by molar-refractivity contribution is -0.135. The Morgan fingerprint density at radius 1 is 1.00 bits per heavy atom. The zero-order valence-corrected chi connectivity index (χ0v) is 17.6. The molecule has 2 atom stereocenters. The van der Waals surface area contributed by atoms with E-state index >= 15 is 0 Å². The van der Waals surface area contributed by atoms with Gasteiger partial charge >= 0.3 is 6.03 Å². The Kier molecular flexibility index (Phi) is 4.43. The van der Waals surface area contributed by atoms with Crippen LogP contribution in [-0.2, 0) is 11.4 Å². The second-order valence-corrected chi connectivity index (χ2v) is 7.83. The number of anilines is 1. The first-order valence-electron chi connectivity index (χ1n) is 10.1. The van der Waals surface area contributed by atoms with Crippen molar-refractivity contribution in [1.29, 1.82) is 0 Å². The van der Waals surface area contributed by atoms with Gasteiger partial charge in [0.15, 0.2) is 12.2 Å². The summed E-state index contributed by atoms with van der Waals surface area (Å²) in [6, 6.07) is 16.8. The number of amides is 3. The highest BCUT2D eigenvalue weighted by atomic mass is 16.5. The molecule has 5 rings (SSSR count). The van der Waals surface area contributed by atoms with E-state index in [2.05, 4.69) is 0 Å². The van der Waals surface area contributed by atoms with Gasteiger partial charge in [-0.2, -0.15) is 0 Å². The lowest BCUT2D eigenvalue weighted by Gasteiger charge is -2.38. The van der Waals surface area contributed by atoms with Crippen molar-refractivity contribution in [3.63, 3.8) is 0 Å². The predicted molar refractivity (Wildman–Crippen MR) is 116 cm³/mol. The number of fused-ring (bicyclic) bond motifs is 3. The average molecular weight is 417 g/mol. The maximum absolute atomic E-state index is 12.9. The molecule has 0 saturated carbocycles. The Labute approximate surface area is 180 Å². The van der Waals surface area contributed by atoms with Crippen molar-refractivity contribution in [2.24, 2.45) is 4.99 Å². The standard InChI is InChI=1S/C23H23N5O3/c1-15-13-27-19-20(25(2)23(30)26(3)21(19)29)24-22(27)28(15)17-11-7-8-12-18(17)31-14-16-9-5-4-6-10-16/h4-13,19-20H,14H2,1-3H3. The summed E-state index contributed by atoms with van der Waals surface area (Å²) in [6.07, 6.45) is 1.35. The number of hydrogen-bond acceptors (Lipinski definition) is 6.